The monoisotopic (exact) mass is 465 g/mol. The Labute approximate surface area is 202 Å². The summed E-state index contributed by atoms with van der Waals surface area (Å²) in [6, 6.07) is 18.3. The second kappa shape index (κ2) is 9.90. The second-order valence-corrected chi connectivity index (χ2v) is 10.1. The van der Waals surface area contributed by atoms with Crippen LogP contribution in [0.25, 0.3) is 0 Å². The maximum Gasteiger partial charge on any atom is 0.231 e. The molecule has 1 saturated carbocycles. The van der Waals surface area contributed by atoms with Crippen molar-refractivity contribution in [1.82, 2.24) is 15.5 Å². The maximum atomic E-state index is 5.74. The van der Waals surface area contributed by atoms with Crippen LogP contribution in [0.15, 0.2) is 48.5 Å². The van der Waals surface area contributed by atoms with Gasteiger partial charge < -0.3 is 20.1 Å². The molecule has 0 amide bonds. The molecule has 2 aromatic rings. The fourth-order valence-corrected chi connectivity index (χ4v) is 6.21. The Morgan fingerprint density at radius 1 is 1.12 bits per heavy atom. The number of nitrogens with zero attached hydrogens (tertiary/aromatic N) is 1. The standard InChI is InChI=1S/C27H35N3O2S/c1-2-3-14-28-26(33)29-22-11-12-27(21-9-10-23-24(16-21)32-19-31-23)13-15-30(25(27)17-22)18-20-7-5-4-6-8-20/h4-10,16,22,25H,2-3,11-15,17-19H2,1H3,(H2,28,29,33)/t22-,25-,27-/m0/s1. The van der Waals surface area contributed by atoms with Crippen LogP contribution in [0.2, 0.25) is 0 Å². The molecule has 3 aliphatic rings. The molecule has 1 saturated heterocycles. The van der Waals surface area contributed by atoms with Crippen molar-refractivity contribution in [2.45, 2.75) is 69.5 Å². The van der Waals surface area contributed by atoms with Crippen LogP contribution >= 0.6 is 12.2 Å². The first-order valence-corrected chi connectivity index (χ1v) is 12.8. The van der Waals surface area contributed by atoms with Crippen molar-refractivity contribution in [3.63, 3.8) is 0 Å². The molecule has 2 aliphatic heterocycles. The lowest BCUT2D eigenvalue weighted by molar-refractivity contribution is 0.134. The molecule has 0 aromatic heterocycles. The molecule has 2 N–H and O–H groups in total. The smallest absolute Gasteiger partial charge is 0.231 e. The lowest BCUT2D eigenvalue weighted by Gasteiger charge is -2.45. The molecular formula is C27H35N3O2S. The van der Waals surface area contributed by atoms with Crippen LogP contribution in [0.4, 0.5) is 0 Å². The highest BCUT2D eigenvalue weighted by molar-refractivity contribution is 7.80. The summed E-state index contributed by atoms with van der Waals surface area (Å²) in [4.78, 5) is 2.70. The molecule has 5 rings (SSSR count). The minimum atomic E-state index is 0.144. The first-order chi connectivity index (χ1) is 16.2. The predicted octanol–water partition coefficient (Wildman–Crippen LogP) is 4.74. The summed E-state index contributed by atoms with van der Waals surface area (Å²) in [5.41, 5.74) is 2.92. The molecule has 2 heterocycles. The van der Waals surface area contributed by atoms with Crippen molar-refractivity contribution >= 4 is 17.3 Å². The molecule has 1 aliphatic carbocycles. The Kier molecular flexibility index (Phi) is 6.74. The normalized spacial score (nSPS) is 26.1. The van der Waals surface area contributed by atoms with E-state index < -0.39 is 0 Å². The average Bonchev–Trinajstić information content (AvgIpc) is 3.45. The highest BCUT2D eigenvalue weighted by Crippen LogP contribution is 2.51. The number of fused-ring (bicyclic) bond motifs is 2. The number of hydrogen-bond acceptors (Lipinski definition) is 4. The first-order valence-electron chi connectivity index (χ1n) is 12.4. The molecule has 0 spiro atoms. The van der Waals surface area contributed by atoms with E-state index in [1.165, 1.54) is 24.0 Å². The number of rotatable bonds is 7. The van der Waals surface area contributed by atoms with Gasteiger partial charge in [-0.3, -0.25) is 4.90 Å². The molecule has 176 valence electrons. The highest BCUT2D eigenvalue weighted by atomic mass is 32.1. The van der Waals surface area contributed by atoms with Gasteiger partial charge in [0.1, 0.15) is 0 Å². The van der Waals surface area contributed by atoms with E-state index in [4.69, 9.17) is 21.7 Å². The van der Waals surface area contributed by atoms with Crippen LogP contribution in [-0.2, 0) is 12.0 Å². The van der Waals surface area contributed by atoms with E-state index in [1.54, 1.807) is 0 Å². The Balaban J connectivity index is 1.37. The van der Waals surface area contributed by atoms with Gasteiger partial charge in [0.25, 0.3) is 0 Å². The van der Waals surface area contributed by atoms with Gasteiger partial charge in [0.2, 0.25) is 6.79 Å². The molecule has 0 unspecified atom stereocenters. The molecule has 2 fully saturated rings. The Morgan fingerprint density at radius 3 is 2.82 bits per heavy atom. The van der Waals surface area contributed by atoms with Crippen molar-refractivity contribution in [2.24, 2.45) is 0 Å². The van der Waals surface area contributed by atoms with E-state index in [1.807, 2.05) is 0 Å². The van der Waals surface area contributed by atoms with Gasteiger partial charge in [0, 0.05) is 30.6 Å². The summed E-state index contributed by atoms with van der Waals surface area (Å²) >= 11 is 5.61. The summed E-state index contributed by atoms with van der Waals surface area (Å²) in [6.07, 6.45) is 6.87. The van der Waals surface area contributed by atoms with Gasteiger partial charge in [0.15, 0.2) is 16.6 Å². The van der Waals surface area contributed by atoms with E-state index in [9.17, 15) is 0 Å². The average molecular weight is 466 g/mol. The zero-order valence-electron chi connectivity index (χ0n) is 19.5. The number of hydrogen-bond donors (Lipinski definition) is 2. The van der Waals surface area contributed by atoms with Crippen LogP contribution in [0.3, 0.4) is 0 Å². The van der Waals surface area contributed by atoms with E-state index in [0.717, 1.165) is 61.9 Å². The zero-order valence-corrected chi connectivity index (χ0v) is 20.3. The molecule has 3 atom stereocenters. The highest BCUT2D eigenvalue weighted by Gasteiger charge is 2.51. The molecule has 0 radical (unpaired) electrons. The number of benzene rings is 2. The summed E-state index contributed by atoms with van der Waals surface area (Å²) in [5, 5.41) is 7.82. The van der Waals surface area contributed by atoms with Gasteiger partial charge in [-0.15, -0.1) is 0 Å². The van der Waals surface area contributed by atoms with Gasteiger partial charge in [0.05, 0.1) is 0 Å². The fraction of sp³-hybridized carbons (Fsp3) is 0.519. The lowest BCUT2D eigenvalue weighted by atomic mass is 9.65. The predicted molar refractivity (Wildman–Crippen MR) is 136 cm³/mol. The minimum Gasteiger partial charge on any atom is -0.454 e. The summed E-state index contributed by atoms with van der Waals surface area (Å²) < 4.78 is 11.3. The Hall–Kier alpha value is -2.31. The third-order valence-corrected chi connectivity index (χ3v) is 7.96. The number of nitrogens with one attached hydrogen (secondary N) is 2. The van der Waals surface area contributed by atoms with Crippen LogP contribution in [0.5, 0.6) is 11.5 Å². The maximum absolute atomic E-state index is 5.74. The van der Waals surface area contributed by atoms with Crippen molar-refractivity contribution in [2.75, 3.05) is 19.9 Å². The van der Waals surface area contributed by atoms with Crippen molar-refractivity contribution in [3.05, 3.63) is 59.7 Å². The number of unbranched alkanes of at least 4 members (excludes halogenated alkanes) is 1. The first kappa shape index (κ1) is 22.5. The SMILES string of the molecule is CCCCNC(=S)N[C@H]1CC[C@@]2(c3ccc4c(c3)OCO4)CCN(Cc3ccccc3)[C@H]2C1. The van der Waals surface area contributed by atoms with Crippen molar-refractivity contribution in [3.8, 4) is 11.5 Å². The topological polar surface area (TPSA) is 45.8 Å². The van der Waals surface area contributed by atoms with Crippen molar-refractivity contribution < 1.29 is 9.47 Å². The minimum absolute atomic E-state index is 0.144. The van der Waals surface area contributed by atoms with Crippen molar-refractivity contribution in [1.29, 1.82) is 0 Å². The van der Waals surface area contributed by atoms with E-state index in [2.05, 4.69) is 71.0 Å². The molecule has 2 aromatic carbocycles. The van der Waals surface area contributed by atoms with E-state index >= 15 is 0 Å². The third kappa shape index (κ3) is 4.69. The van der Waals surface area contributed by atoms with E-state index in [-0.39, 0.29) is 5.41 Å². The fourth-order valence-electron chi connectivity index (χ4n) is 5.94. The third-order valence-electron chi connectivity index (χ3n) is 7.70. The van der Waals surface area contributed by atoms with Crippen LogP contribution in [-0.4, -0.2) is 42.0 Å². The molecule has 0 bridgehead atoms. The molecule has 6 heteroatoms. The van der Waals surface area contributed by atoms with Crippen LogP contribution in [0.1, 0.15) is 56.6 Å². The summed E-state index contributed by atoms with van der Waals surface area (Å²) in [6.45, 7) is 5.57. The van der Waals surface area contributed by atoms with Gasteiger partial charge in [-0.05, 0) is 74.1 Å². The van der Waals surface area contributed by atoms with Crippen LogP contribution < -0.4 is 20.1 Å². The van der Waals surface area contributed by atoms with Crippen LogP contribution in [0, 0.1) is 0 Å². The van der Waals surface area contributed by atoms with Gasteiger partial charge in [-0.2, -0.15) is 0 Å². The lowest BCUT2D eigenvalue weighted by Crippen LogP contribution is -2.53. The second-order valence-electron chi connectivity index (χ2n) is 9.67. The number of likely N-dealkylation sites (tertiary alicyclic amines) is 1. The largest absolute Gasteiger partial charge is 0.454 e. The number of ether oxygens (including phenoxy) is 2. The van der Waals surface area contributed by atoms with Gasteiger partial charge >= 0.3 is 0 Å². The molecule has 5 nitrogen and oxygen atoms in total. The Morgan fingerprint density at radius 2 is 1.97 bits per heavy atom. The quantitative estimate of drug-likeness (QED) is 0.455. The number of thiocarbonyl (C=S) groups is 1. The summed E-state index contributed by atoms with van der Waals surface area (Å²) in [7, 11) is 0. The van der Waals surface area contributed by atoms with E-state index in [0.29, 0.717) is 18.9 Å². The molecule has 33 heavy (non-hydrogen) atoms. The molecular weight excluding hydrogens is 430 g/mol. The summed E-state index contributed by atoms with van der Waals surface area (Å²) in [5.74, 6) is 1.76. The Bertz CT molecular complexity index is 969. The van der Waals surface area contributed by atoms with Gasteiger partial charge in [-0.25, -0.2) is 0 Å². The van der Waals surface area contributed by atoms with Gasteiger partial charge in [-0.1, -0.05) is 49.7 Å². The zero-order chi connectivity index (χ0) is 22.7.